The minimum absolute atomic E-state index is 0.102. The lowest BCUT2D eigenvalue weighted by molar-refractivity contribution is 0.102. The van der Waals surface area contributed by atoms with E-state index in [0.29, 0.717) is 28.3 Å². The van der Waals surface area contributed by atoms with Gasteiger partial charge in [0.2, 0.25) is 16.0 Å². The van der Waals surface area contributed by atoms with Crippen LogP contribution in [-0.2, 0) is 10.0 Å². The van der Waals surface area contributed by atoms with Gasteiger partial charge in [0, 0.05) is 22.5 Å². The highest BCUT2D eigenvalue weighted by atomic mass is 35.5. The number of hydrogen-bond acceptors (Lipinski definition) is 8. The average molecular weight is 566 g/mol. The Bertz CT molecular complexity index is 1600. The van der Waals surface area contributed by atoms with Gasteiger partial charge >= 0.3 is 0 Å². The molecule has 1 heterocycles. The van der Waals surface area contributed by atoms with Crippen molar-refractivity contribution >= 4 is 62.0 Å². The van der Waals surface area contributed by atoms with E-state index in [1.165, 1.54) is 18.3 Å². The zero-order valence-corrected chi connectivity index (χ0v) is 23.1. The molecule has 1 aromatic heterocycles. The van der Waals surface area contributed by atoms with Crippen LogP contribution in [0.15, 0.2) is 83.9 Å². The number of anilines is 6. The van der Waals surface area contributed by atoms with Gasteiger partial charge in [0.05, 0.1) is 22.5 Å². The Morgan fingerprint density at radius 1 is 0.923 bits per heavy atom. The maximum absolute atomic E-state index is 12.7. The Hall–Kier alpha value is -4.19. The highest BCUT2D eigenvalue weighted by molar-refractivity contribution is 7.89. The number of hydrogen-bond donors (Lipinski definition) is 5. The summed E-state index contributed by atoms with van der Waals surface area (Å²) in [5.74, 6) is 0.230. The summed E-state index contributed by atoms with van der Waals surface area (Å²) in [6.07, 6.45) is 1.42. The maximum atomic E-state index is 12.7. The number of sulfonamides is 1. The van der Waals surface area contributed by atoms with E-state index in [4.69, 9.17) is 17.3 Å². The van der Waals surface area contributed by atoms with Gasteiger partial charge in [0.1, 0.15) is 5.02 Å². The van der Waals surface area contributed by atoms with E-state index in [1.54, 1.807) is 81.4 Å². The van der Waals surface area contributed by atoms with E-state index in [-0.39, 0.29) is 27.6 Å². The van der Waals surface area contributed by atoms with Gasteiger partial charge in [-0.25, -0.2) is 18.1 Å². The van der Waals surface area contributed by atoms with Gasteiger partial charge in [-0.3, -0.25) is 4.79 Å². The molecule has 10 nitrogen and oxygen atoms in total. The first kappa shape index (κ1) is 27.8. The molecule has 1 amide bonds. The minimum atomic E-state index is -3.72. The van der Waals surface area contributed by atoms with E-state index in [9.17, 15) is 13.2 Å². The molecule has 3 aromatic carbocycles. The van der Waals surface area contributed by atoms with Crippen molar-refractivity contribution in [2.75, 3.05) is 21.7 Å². The molecule has 202 valence electrons. The van der Waals surface area contributed by atoms with Gasteiger partial charge in [0.15, 0.2) is 5.82 Å². The number of carbonyl (C=O) groups excluding carboxylic acids is 1. The molecule has 6 N–H and O–H groups in total. The molecule has 0 saturated carbocycles. The molecule has 4 aromatic rings. The average Bonchev–Trinajstić information content (AvgIpc) is 2.87. The Labute approximate surface area is 232 Å². The topological polar surface area (TPSA) is 151 Å². The summed E-state index contributed by atoms with van der Waals surface area (Å²) >= 11 is 6.30. The van der Waals surface area contributed by atoms with Gasteiger partial charge in [-0.2, -0.15) is 4.98 Å². The summed E-state index contributed by atoms with van der Waals surface area (Å²) in [6.45, 7) is 5.31. The highest BCUT2D eigenvalue weighted by Crippen LogP contribution is 2.27. The van der Waals surface area contributed by atoms with Crippen LogP contribution in [0.25, 0.3) is 0 Å². The van der Waals surface area contributed by atoms with Crippen LogP contribution >= 0.6 is 11.6 Å². The van der Waals surface area contributed by atoms with Crippen molar-refractivity contribution in [2.24, 2.45) is 0 Å². The molecule has 0 unspecified atom stereocenters. The maximum Gasteiger partial charge on any atom is 0.255 e. The summed E-state index contributed by atoms with van der Waals surface area (Å²) in [4.78, 5) is 21.3. The fraction of sp³-hybridized carbons (Fsp3) is 0.148. The Morgan fingerprint density at radius 3 is 2.33 bits per heavy atom. The molecule has 0 fully saturated rings. The molecule has 0 atom stereocenters. The van der Waals surface area contributed by atoms with Crippen LogP contribution in [0.1, 0.15) is 31.1 Å². The summed E-state index contributed by atoms with van der Waals surface area (Å²) in [7, 11) is -3.72. The smallest absolute Gasteiger partial charge is 0.255 e. The lowest BCUT2D eigenvalue weighted by atomic mass is 10.1. The van der Waals surface area contributed by atoms with Crippen molar-refractivity contribution in [1.82, 2.24) is 14.7 Å². The normalized spacial score (nSPS) is 11.6. The third-order valence-corrected chi connectivity index (χ3v) is 7.24. The largest absolute Gasteiger partial charge is 0.397 e. The predicted octanol–water partition coefficient (Wildman–Crippen LogP) is 5.53. The van der Waals surface area contributed by atoms with Crippen molar-refractivity contribution < 1.29 is 13.2 Å². The number of carbonyl (C=O) groups is 1. The van der Waals surface area contributed by atoms with Crippen LogP contribution in [0.2, 0.25) is 5.02 Å². The van der Waals surface area contributed by atoms with E-state index in [0.717, 1.165) is 0 Å². The van der Waals surface area contributed by atoms with Crippen molar-refractivity contribution in [3.05, 3.63) is 89.6 Å². The first-order chi connectivity index (χ1) is 18.4. The predicted molar refractivity (Wildman–Crippen MR) is 155 cm³/mol. The van der Waals surface area contributed by atoms with Gasteiger partial charge in [-0.05, 0) is 75.4 Å². The van der Waals surface area contributed by atoms with E-state index >= 15 is 0 Å². The van der Waals surface area contributed by atoms with E-state index < -0.39 is 15.6 Å². The second-order valence-electron chi connectivity index (χ2n) is 9.64. The van der Waals surface area contributed by atoms with Crippen molar-refractivity contribution in [3.8, 4) is 0 Å². The number of rotatable bonds is 8. The van der Waals surface area contributed by atoms with Gasteiger partial charge in [0.25, 0.3) is 5.91 Å². The number of aromatic nitrogens is 2. The molecule has 0 radical (unpaired) electrons. The number of amides is 1. The number of nitrogens with one attached hydrogen (secondary N) is 4. The summed E-state index contributed by atoms with van der Waals surface area (Å²) in [5, 5.41) is 9.14. The molecule has 0 aliphatic heterocycles. The van der Waals surface area contributed by atoms with Crippen molar-refractivity contribution in [2.45, 2.75) is 31.2 Å². The van der Waals surface area contributed by atoms with Crippen LogP contribution < -0.4 is 26.4 Å². The Balaban J connectivity index is 1.46. The molecule has 4 rings (SSSR count). The number of halogens is 1. The lowest BCUT2D eigenvalue weighted by Gasteiger charge is -2.20. The fourth-order valence-corrected chi connectivity index (χ4v) is 5.10. The van der Waals surface area contributed by atoms with Crippen molar-refractivity contribution in [1.29, 1.82) is 0 Å². The number of benzene rings is 3. The monoisotopic (exact) mass is 565 g/mol. The second-order valence-corrected chi connectivity index (χ2v) is 11.7. The van der Waals surface area contributed by atoms with Crippen LogP contribution in [-0.4, -0.2) is 29.8 Å². The summed E-state index contributed by atoms with van der Waals surface area (Å²) in [6, 6.07) is 20.1. The summed E-state index contributed by atoms with van der Waals surface area (Å²) in [5.41, 5.74) is 7.84. The first-order valence-corrected chi connectivity index (χ1v) is 13.7. The van der Waals surface area contributed by atoms with Gasteiger partial charge in [-0.15, -0.1) is 0 Å². The quantitative estimate of drug-likeness (QED) is 0.175. The zero-order chi connectivity index (χ0) is 28.2. The van der Waals surface area contributed by atoms with E-state index in [2.05, 4.69) is 30.6 Å². The fourth-order valence-electron chi connectivity index (χ4n) is 3.49. The molecule has 39 heavy (non-hydrogen) atoms. The lowest BCUT2D eigenvalue weighted by Crippen LogP contribution is -2.40. The van der Waals surface area contributed by atoms with Gasteiger partial charge in [-0.1, -0.05) is 29.8 Å². The standard InChI is InChI=1S/C27H28ClN7O3S/c1-27(2,3)35-39(37,38)20-8-6-7-19(15-20)31-24-21(28)16-30-26(34-24)32-18-13-11-17(12-14-18)25(36)33-23-10-5-4-9-22(23)29/h4-16,35H,29H2,1-3H3,(H,33,36)(H2,30,31,32,34). The molecule has 0 spiro atoms. The first-order valence-electron chi connectivity index (χ1n) is 11.9. The molecular formula is C27H28ClN7O3S. The number of nitrogens with two attached hydrogens (primary N) is 1. The van der Waals surface area contributed by atoms with Gasteiger partial charge < -0.3 is 21.7 Å². The Morgan fingerprint density at radius 2 is 1.64 bits per heavy atom. The molecule has 0 saturated heterocycles. The molecule has 0 aliphatic carbocycles. The number of para-hydroxylation sites is 2. The van der Waals surface area contributed by atoms with Crippen LogP contribution in [0, 0.1) is 0 Å². The number of nitrogens with zero attached hydrogens (tertiary/aromatic N) is 2. The third kappa shape index (κ3) is 7.44. The minimum Gasteiger partial charge on any atom is -0.397 e. The Kier molecular flexibility index (Phi) is 8.05. The van der Waals surface area contributed by atoms with Crippen LogP contribution in [0.5, 0.6) is 0 Å². The SMILES string of the molecule is CC(C)(C)NS(=O)(=O)c1cccc(Nc2nc(Nc3ccc(C(=O)Nc4ccccc4N)cc3)ncc2Cl)c1. The number of nitrogen functional groups attached to an aromatic ring is 1. The third-order valence-electron chi connectivity index (χ3n) is 5.20. The second kappa shape index (κ2) is 11.3. The highest BCUT2D eigenvalue weighted by Gasteiger charge is 2.22. The van der Waals surface area contributed by atoms with Crippen molar-refractivity contribution in [3.63, 3.8) is 0 Å². The molecule has 0 aliphatic rings. The van der Waals surface area contributed by atoms with Crippen LogP contribution in [0.4, 0.5) is 34.5 Å². The molecule has 12 heteroatoms. The summed E-state index contributed by atoms with van der Waals surface area (Å²) < 4.78 is 28.1. The zero-order valence-electron chi connectivity index (χ0n) is 21.5. The van der Waals surface area contributed by atoms with Crippen LogP contribution in [0.3, 0.4) is 0 Å². The molecule has 0 bridgehead atoms. The molecular weight excluding hydrogens is 538 g/mol. The van der Waals surface area contributed by atoms with E-state index in [1.807, 2.05) is 0 Å².